The first kappa shape index (κ1) is 17.3. The van der Waals surface area contributed by atoms with Crippen molar-refractivity contribution in [3.63, 3.8) is 0 Å². The third-order valence-corrected chi connectivity index (χ3v) is 6.41. The van der Waals surface area contributed by atoms with Crippen molar-refractivity contribution in [1.29, 1.82) is 0 Å². The van der Waals surface area contributed by atoms with E-state index >= 15 is 0 Å². The van der Waals surface area contributed by atoms with E-state index in [1.54, 1.807) is 11.8 Å². The van der Waals surface area contributed by atoms with E-state index in [-0.39, 0.29) is 11.2 Å². The summed E-state index contributed by atoms with van der Waals surface area (Å²) in [5.74, 6) is -0.00976. The number of hydrogen-bond donors (Lipinski definition) is 1. The number of benzene rings is 2. The number of nitrogens with zero attached hydrogens (tertiary/aromatic N) is 1. The summed E-state index contributed by atoms with van der Waals surface area (Å²) in [6, 6.07) is 16.6. The molecule has 3 nitrogen and oxygen atoms in total. The van der Waals surface area contributed by atoms with E-state index in [1.807, 2.05) is 42.6 Å². The van der Waals surface area contributed by atoms with Crippen molar-refractivity contribution in [1.82, 2.24) is 4.98 Å². The summed E-state index contributed by atoms with van der Waals surface area (Å²) in [7, 11) is 0. The van der Waals surface area contributed by atoms with Crippen LogP contribution in [0.3, 0.4) is 0 Å². The smallest absolute Gasteiger partial charge is 0.239 e. The van der Waals surface area contributed by atoms with Gasteiger partial charge in [0.2, 0.25) is 5.91 Å². The van der Waals surface area contributed by atoms with Gasteiger partial charge in [-0.25, -0.2) is 4.98 Å². The lowest BCUT2D eigenvalue weighted by Crippen LogP contribution is -2.22. The van der Waals surface area contributed by atoms with Crippen molar-refractivity contribution < 1.29 is 4.79 Å². The molecular formula is C21H20N2OS2. The maximum atomic E-state index is 12.5. The van der Waals surface area contributed by atoms with Crippen LogP contribution >= 0.6 is 23.1 Å². The number of hydrogen-bond acceptors (Lipinski definition) is 4. The molecule has 0 saturated carbocycles. The third-order valence-electron chi connectivity index (χ3n) is 4.56. The lowest BCUT2D eigenvalue weighted by Gasteiger charge is -2.11. The molecular weight excluding hydrogens is 360 g/mol. The van der Waals surface area contributed by atoms with Crippen LogP contribution in [-0.4, -0.2) is 16.1 Å². The second-order valence-electron chi connectivity index (χ2n) is 6.44. The zero-order chi connectivity index (χ0) is 17.9. The minimum absolute atomic E-state index is 0.00976. The predicted molar refractivity (Wildman–Crippen MR) is 110 cm³/mol. The Kier molecular flexibility index (Phi) is 5.09. The van der Waals surface area contributed by atoms with Gasteiger partial charge in [-0.2, -0.15) is 0 Å². The Bertz CT molecular complexity index is 921. The normalized spacial score (nSPS) is 14.0. The average molecular weight is 381 g/mol. The highest BCUT2D eigenvalue weighted by Gasteiger charge is 2.18. The SMILES string of the molecule is CC(Sc1ccc2c(c1)CCC2)C(=O)Nc1nc(-c2ccccc2)cs1. The van der Waals surface area contributed by atoms with Gasteiger partial charge in [-0.3, -0.25) is 4.79 Å². The molecule has 1 aliphatic carbocycles. The molecule has 1 heterocycles. The summed E-state index contributed by atoms with van der Waals surface area (Å²) in [6.07, 6.45) is 3.59. The molecule has 0 bridgehead atoms. The van der Waals surface area contributed by atoms with Gasteiger partial charge in [-0.15, -0.1) is 23.1 Å². The summed E-state index contributed by atoms with van der Waals surface area (Å²) >= 11 is 3.07. The van der Waals surface area contributed by atoms with E-state index in [0.29, 0.717) is 5.13 Å². The number of aromatic nitrogens is 1. The number of nitrogens with one attached hydrogen (secondary N) is 1. The van der Waals surface area contributed by atoms with Gasteiger partial charge in [-0.1, -0.05) is 36.4 Å². The minimum atomic E-state index is -0.168. The number of fused-ring (bicyclic) bond motifs is 1. The molecule has 2 aromatic carbocycles. The van der Waals surface area contributed by atoms with E-state index in [9.17, 15) is 4.79 Å². The summed E-state index contributed by atoms with van der Waals surface area (Å²) in [4.78, 5) is 18.2. The molecule has 3 aromatic rings. The quantitative estimate of drug-likeness (QED) is 0.601. The monoisotopic (exact) mass is 380 g/mol. The predicted octanol–water partition coefficient (Wildman–Crippen LogP) is 5.42. The number of amides is 1. The van der Waals surface area contributed by atoms with Gasteiger partial charge in [0.1, 0.15) is 0 Å². The van der Waals surface area contributed by atoms with Crippen molar-refractivity contribution in [3.05, 3.63) is 65.0 Å². The largest absolute Gasteiger partial charge is 0.301 e. The van der Waals surface area contributed by atoms with Crippen LogP contribution in [0.4, 0.5) is 5.13 Å². The Morgan fingerprint density at radius 2 is 1.96 bits per heavy atom. The number of aryl methyl sites for hydroxylation is 2. The maximum absolute atomic E-state index is 12.5. The molecule has 0 aliphatic heterocycles. The van der Waals surface area contributed by atoms with Gasteiger partial charge in [0.15, 0.2) is 5.13 Å². The van der Waals surface area contributed by atoms with Gasteiger partial charge in [0, 0.05) is 15.8 Å². The van der Waals surface area contributed by atoms with Crippen LogP contribution in [0, 0.1) is 0 Å². The zero-order valence-corrected chi connectivity index (χ0v) is 16.2. The molecule has 26 heavy (non-hydrogen) atoms. The Labute approximate surface area is 161 Å². The highest BCUT2D eigenvalue weighted by molar-refractivity contribution is 8.00. The molecule has 1 aliphatic rings. The first-order valence-corrected chi connectivity index (χ1v) is 10.6. The Balaban J connectivity index is 1.39. The third kappa shape index (κ3) is 3.84. The van der Waals surface area contributed by atoms with Crippen molar-refractivity contribution in [3.8, 4) is 11.3 Å². The maximum Gasteiger partial charge on any atom is 0.239 e. The fourth-order valence-electron chi connectivity index (χ4n) is 3.16. The molecule has 0 fully saturated rings. The fraction of sp³-hybridized carbons (Fsp3) is 0.238. The van der Waals surface area contributed by atoms with E-state index in [4.69, 9.17) is 0 Å². The van der Waals surface area contributed by atoms with Crippen LogP contribution in [0.1, 0.15) is 24.5 Å². The highest BCUT2D eigenvalue weighted by atomic mass is 32.2. The molecule has 1 unspecified atom stereocenters. The molecule has 1 atom stereocenters. The molecule has 1 N–H and O–H groups in total. The van der Waals surface area contributed by atoms with Crippen LogP contribution < -0.4 is 5.32 Å². The van der Waals surface area contributed by atoms with E-state index in [0.717, 1.165) is 22.6 Å². The molecule has 0 saturated heterocycles. The highest BCUT2D eigenvalue weighted by Crippen LogP contribution is 2.31. The zero-order valence-electron chi connectivity index (χ0n) is 14.6. The molecule has 1 aromatic heterocycles. The number of rotatable bonds is 5. The summed E-state index contributed by atoms with van der Waals surface area (Å²) in [5.41, 5.74) is 4.85. The molecule has 0 spiro atoms. The topological polar surface area (TPSA) is 42.0 Å². The summed E-state index contributed by atoms with van der Waals surface area (Å²) in [6.45, 7) is 1.94. The lowest BCUT2D eigenvalue weighted by atomic mass is 10.1. The second-order valence-corrected chi connectivity index (χ2v) is 8.71. The van der Waals surface area contributed by atoms with Crippen molar-refractivity contribution in [2.45, 2.75) is 36.3 Å². The van der Waals surface area contributed by atoms with Gasteiger partial charge in [0.25, 0.3) is 0 Å². The van der Waals surface area contributed by atoms with Crippen LogP contribution in [0.5, 0.6) is 0 Å². The Hall–Kier alpha value is -2.11. The van der Waals surface area contributed by atoms with Gasteiger partial charge in [-0.05, 0) is 49.4 Å². The summed E-state index contributed by atoms with van der Waals surface area (Å²) < 4.78 is 0. The number of anilines is 1. The summed E-state index contributed by atoms with van der Waals surface area (Å²) in [5, 5.41) is 5.41. The molecule has 4 rings (SSSR count). The first-order valence-electron chi connectivity index (χ1n) is 8.79. The second kappa shape index (κ2) is 7.64. The van der Waals surface area contributed by atoms with Crippen molar-refractivity contribution in [2.24, 2.45) is 0 Å². The van der Waals surface area contributed by atoms with Crippen molar-refractivity contribution in [2.75, 3.05) is 5.32 Å². The van der Waals surface area contributed by atoms with Crippen LogP contribution in [0.25, 0.3) is 11.3 Å². The van der Waals surface area contributed by atoms with Gasteiger partial charge >= 0.3 is 0 Å². The van der Waals surface area contributed by atoms with Crippen LogP contribution in [-0.2, 0) is 17.6 Å². The van der Waals surface area contributed by atoms with E-state index in [1.165, 1.54) is 35.3 Å². The van der Waals surface area contributed by atoms with E-state index in [2.05, 4.69) is 28.5 Å². The number of carbonyl (C=O) groups is 1. The van der Waals surface area contributed by atoms with E-state index < -0.39 is 0 Å². The number of thiazole rings is 1. The minimum Gasteiger partial charge on any atom is -0.301 e. The van der Waals surface area contributed by atoms with Crippen molar-refractivity contribution >= 4 is 34.1 Å². The molecule has 132 valence electrons. The van der Waals surface area contributed by atoms with Crippen LogP contribution in [0.2, 0.25) is 0 Å². The lowest BCUT2D eigenvalue weighted by molar-refractivity contribution is -0.115. The molecule has 5 heteroatoms. The average Bonchev–Trinajstić information content (AvgIpc) is 3.31. The first-order chi connectivity index (χ1) is 12.7. The Morgan fingerprint density at radius 1 is 1.15 bits per heavy atom. The van der Waals surface area contributed by atoms with Crippen LogP contribution in [0.15, 0.2) is 58.8 Å². The number of carbonyl (C=O) groups excluding carboxylic acids is 1. The molecule has 1 amide bonds. The fourth-order valence-corrected chi connectivity index (χ4v) is 4.81. The van der Waals surface area contributed by atoms with Gasteiger partial charge in [0.05, 0.1) is 10.9 Å². The molecule has 0 radical (unpaired) electrons. The standard InChI is InChI=1S/C21H20N2OS2/c1-14(26-18-11-10-15-8-5-9-17(15)12-18)20(24)23-21-22-19(13-25-21)16-6-3-2-4-7-16/h2-4,6-7,10-14H,5,8-9H2,1H3,(H,22,23,24). The Morgan fingerprint density at radius 3 is 2.81 bits per heavy atom. The number of thioether (sulfide) groups is 1. The van der Waals surface area contributed by atoms with Gasteiger partial charge < -0.3 is 5.32 Å².